The van der Waals surface area contributed by atoms with Crippen LogP contribution >= 0.6 is 0 Å². The monoisotopic (exact) mass is 438 g/mol. The third kappa shape index (κ3) is 4.61. The number of rotatable bonds is 5. The molecule has 170 valence electrons. The highest BCUT2D eigenvalue weighted by atomic mass is 16.5. The van der Waals surface area contributed by atoms with E-state index < -0.39 is 6.10 Å². The van der Waals surface area contributed by atoms with E-state index in [0.29, 0.717) is 45.8 Å². The van der Waals surface area contributed by atoms with Crippen LogP contribution in [0.25, 0.3) is 0 Å². The molecule has 0 saturated carbocycles. The van der Waals surface area contributed by atoms with Crippen LogP contribution in [0.2, 0.25) is 0 Å². The molecule has 1 saturated heterocycles. The molecule has 0 spiro atoms. The first-order valence-corrected chi connectivity index (χ1v) is 11.1. The van der Waals surface area contributed by atoms with Crippen LogP contribution in [-0.2, 0) is 29.0 Å². The average molecular weight is 439 g/mol. The van der Waals surface area contributed by atoms with E-state index in [-0.39, 0.29) is 22.9 Å². The van der Waals surface area contributed by atoms with E-state index in [4.69, 9.17) is 4.74 Å². The molecule has 2 aliphatic rings. The van der Waals surface area contributed by atoms with E-state index in [1.807, 2.05) is 44.3 Å². The minimum absolute atomic E-state index is 0.0393. The molecular formula is C24H30N4O4. The van der Waals surface area contributed by atoms with Gasteiger partial charge >= 0.3 is 0 Å². The fourth-order valence-corrected chi connectivity index (χ4v) is 4.41. The smallest absolute Gasteiger partial charge is 0.264 e. The summed E-state index contributed by atoms with van der Waals surface area (Å²) in [5.74, 6) is -0.393. The Morgan fingerprint density at radius 1 is 1.19 bits per heavy atom. The lowest BCUT2D eigenvalue weighted by Crippen LogP contribution is -2.51. The van der Waals surface area contributed by atoms with Crippen molar-refractivity contribution in [2.75, 3.05) is 39.8 Å². The molecule has 4 rings (SSSR count). The van der Waals surface area contributed by atoms with E-state index in [2.05, 4.69) is 10.2 Å². The molecule has 0 radical (unpaired) electrons. The third-order valence-corrected chi connectivity index (χ3v) is 6.09. The van der Waals surface area contributed by atoms with E-state index in [9.17, 15) is 14.4 Å². The Hall–Kier alpha value is -2.97. The summed E-state index contributed by atoms with van der Waals surface area (Å²) in [7, 11) is 1.98. The number of likely N-dealkylation sites (N-methyl/N-ethyl adjacent to an activating group) is 1. The Morgan fingerprint density at radius 3 is 2.69 bits per heavy atom. The van der Waals surface area contributed by atoms with Crippen LogP contribution < -0.4 is 10.9 Å². The topological polar surface area (TPSA) is 83.9 Å². The van der Waals surface area contributed by atoms with Gasteiger partial charge < -0.3 is 24.4 Å². The maximum absolute atomic E-state index is 13.3. The molecule has 8 nitrogen and oxygen atoms in total. The first-order valence-electron chi connectivity index (χ1n) is 11.1. The summed E-state index contributed by atoms with van der Waals surface area (Å²) >= 11 is 0. The molecule has 2 aromatic rings. The lowest BCUT2D eigenvalue weighted by molar-refractivity contribution is -0.149. The fraction of sp³-hybridized carbons (Fsp3) is 0.458. The number of pyridine rings is 1. The molecule has 0 aliphatic carbocycles. The maximum Gasteiger partial charge on any atom is 0.264 e. The summed E-state index contributed by atoms with van der Waals surface area (Å²) in [5, 5.41) is 2.78. The van der Waals surface area contributed by atoms with Gasteiger partial charge in [0, 0.05) is 38.9 Å². The molecule has 1 fully saturated rings. The normalized spacial score (nSPS) is 18.8. The molecule has 1 N–H and O–H groups in total. The zero-order chi connectivity index (χ0) is 22.7. The molecule has 0 bridgehead atoms. The number of carbonyl (C=O) groups excluding carboxylic acids is 2. The number of carbonyl (C=O) groups is 2. The van der Waals surface area contributed by atoms with Crippen molar-refractivity contribution in [3.63, 3.8) is 0 Å². The minimum Gasteiger partial charge on any atom is -0.366 e. The van der Waals surface area contributed by atoms with Crippen molar-refractivity contribution in [2.24, 2.45) is 0 Å². The standard InChI is InChI=1S/C24H30N4O4/c1-3-25-22(29)21-19-9-10-27(23(30)20-16-26(2)11-12-32-20)14-18(19)15-28(24(21)31)13-17-7-5-4-6-8-17/h4-8,15,20H,3,9-14,16H2,1-2H3,(H,25,29). The van der Waals surface area contributed by atoms with Crippen molar-refractivity contribution in [1.82, 2.24) is 19.7 Å². The number of nitrogens with one attached hydrogen (secondary N) is 1. The van der Waals surface area contributed by atoms with Crippen molar-refractivity contribution in [2.45, 2.75) is 32.5 Å². The van der Waals surface area contributed by atoms with Gasteiger partial charge in [-0.15, -0.1) is 0 Å². The van der Waals surface area contributed by atoms with Gasteiger partial charge in [-0.2, -0.15) is 0 Å². The van der Waals surface area contributed by atoms with Crippen LogP contribution in [0.1, 0.15) is 34.0 Å². The Kier molecular flexibility index (Phi) is 6.72. The third-order valence-electron chi connectivity index (χ3n) is 6.09. The second kappa shape index (κ2) is 9.67. The Balaban J connectivity index is 1.67. The van der Waals surface area contributed by atoms with Gasteiger partial charge in [0.25, 0.3) is 17.4 Å². The molecule has 1 atom stereocenters. The predicted octanol–water partition coefficient (Wildman–Crippen LogP) is 0.862. The zero-order valence-corrected chi connectivity index (χ0v) is 18.7. The van der Waals surface area contributed by atoms with Crippen molar-refractivity contribution in [1.29, 1.82) is 0 Å². The molecular weight excluding hydrogens is 408 g/mol. The zero-order valence-electron chi connectivity index (χ0n) is 18.7. The van der Waals surface area contributed by atoms with Crippen molar-refractivity contribution in [3.05, 3.63) is 69.1 Å². The molecule has 32 heavy (non-hydrogen) atoms. The van der Waals surface area contributed by atoms with Gasteiger partial charge in [-0.05, 0) is 37.1 Å². The minimum atomic E-state index is -0.478. The highest BCUT2D eigenvalue weighted by molar-refractivity contribution is 5.95. The Morgan fingerprint density at radius 2 is 1.97 bits per heavy atom. The van der Waals surface area contributed by atoms with E-state index in [1.165, 1.54) is 0 Å². The van der Waals surface area contributed by atoms with E-state index in [1.54, 1.807) is 15.7 Å². The number of nitrogens with zero attached hydrogens (tertiary/aromatic N) is 3. The largest absolute Gasteiger partial charge is 0.366 e. The van der Waals surface area contributed by atoms with Crippen LogP contribution in [-0.4, -0.2) is 72.1 Å². The van der Waals surface area contributed by atoms with Crippen LogP contribution in [0.15, 0.2) is 41.3 Å². The highest BCUT2D eigenvalue weighted by Gasteiger charge is 2.33. The average Bonchev–Trinajstić information content (AvgIpc) is 2.79. The van der Waals surface area contributed by atoms with Crippen LogP contribution in [0.3, 0.4) is 0 Å². The summed E-state index contributed by atoms with van der Waals surface area (Å²) in [6.45, 7) is 5.38. The van der Waals surface area contributed by atoms with Crippen LogP contribution in [0.5, 0.6) is 0 Å². The highest BCUT2D eigenvalue weighted by Crippen LogP contribution is 2.23. The van der Waals surface area contributed by atoms with Gasteiger partial charge in [0.15, 0.2) is 0 Å². The number of ether oxygens (including phenoxy) is 1. The van der Waals surface area contributed by atoms with Gasteiger partial charge in [-0.1, -0.05) is 30.3 Å². The van der Waals surface area contributed by atoms with Gasteiger partial charge in [0.2, 0.25) is 0 Å². The summed E-state index contributed by atoms with van der Waals surface area (Å²) in [5.41, 5.74) is 2.46. The molecule has 2 aliphatic heterocycles. The predicted molar refractivity (Wildman–Crippen MR) is 121 cm³/mol. The molecule has 2 amide bonds. The number of morpholine rings is 1. The van der Waals surface area contributed by atoms with E-state index in [0.717, 1.165) is 23.2 Å². The second-order valence-electron chi connectivity index (χ2n) is 8.42. The first-order chi connectivity index (χ1) is 15.5. The number of fused-ring (bicyclic) bond motifs is 1. The summed E-state index contributed by atoms with van der Waals surface area (Å²) in [6.07, 6.45) is 1.80. The van der Waals surface area contributed by atoms with Gasteiger partial charge in [-0.25, -0.2) is 0 Å². The molecule has 1 unspecified atom stereocenters. The molecule has 8 heteroatoms. The molecule has 1 aromatic carbocycles. The Bertz CT molecular complexity index is 1050. The van der Waals surface area contributed by atoms with Gasteiger partial charge in [-0.3, -0.25) is 14.4 Å². The van der Waals surface area contributed by atoms with Gasteiger partial charge in [0.1, 0.15) is 11.7 Å². The number of amides is 2. The Labute approximate surface area is 187 Å². The van der Waals surface area contributed by atoms with Crippen LogP contribution in [0, 0.1) is 0 Å². The SMILES string of the molecule is CCNC(=O)c1c2c(cn(Cc3ccccc3)c1=O)CN(C(=O)C1CN(C)CCO1)CC2. The lowest BCUT2D eigenvalue weighted by Gasteiger charge is -2.36. The first kappa shape index (κ1) is 22.2. The molecule has 1 aromatic heterocycles. The quantitative estimate of drug-likeness (QED) is 0.749. The fourth-order valence-electron chi connectivity index (χ4n) is 4.41. The van der Waals surface area contributed by atoms with Crippen molar-refractivity contribution >= 4 is 11.8 Å². The maximum atomic E-state index is 13.3. The van der Waals surface area contributed by atoms with Gasteiger partial charge in [0.05, 0.1) is 13.2 Å². The van der Waals surface area contributed by atoms with Crippen LogP contribution in [0.4, 0.5) is 0 Å². The summed E-state index contributed by atoms with van der Waals surface area (Å²) < 4.78 is 7.30. The van der Waals surface area contributed by atoms with Crippen molar-refractivity contribution < 1.29 is 14.3 Å². The number of aromatic nitrogens is 1. The number of hydrogen-bond donors (Lipinski definition) is 1. The second-order valence-corrected chi connectivity index (χ2v) is 8.42. The van der Waals surface area contributed by atoms with Crippen molar-refractivity contribution in [3.8, 4) is 0 Å². The molecule has 3 heterocycles. The number of hydrogen-bond acceptors (Lipinski definition) is 5. The summed E-state index contributed by atoms with van der Waals surface area (Å²) in [4.78, 5) is 43.0. The van der Waals surface area contributed by atoms with E-state index >= 15 is 0 Å². The number of benzene rings is 1. The lowest BCUT2D eigenvalue weighted by atomic mass is 9.95. The summed E-state index contributed by atoms with van der Waals surface area (Å²) in [6, 6.07) is 9.67.